The molecule has 0 radical (unpaired) electrons. The van der Waals surface area contributed by atoms with E-state index < -0.39 is 4.92 Å². The number of anilines is 1. The van der Waals surface area contributed by atoms with Crippen molar-refractivity contribution in [1.29, 1.82) is 0 Å². The maximum absolute atomic E-state index is 10.7. The van der Waals surface area contributed by atoms with Crippen LogP contribution in [0.3, 0.4) is 0 Å². The van der Waals surface area contributed by atoms with Crippen LogP contribution in [0, 0.1) is 17.0 Å². The maximum Gasteiger partial charge on any atom is 0.406 e. The number of hydrogen-bond acceptors (Lipinski definition) is 6. The fourth-order valence-electron chi connectivity index (χ4n) is 1.40. The second kappa shape index (κ2) is 4.50. The highest BCUT2D eigenvalue weighted by Gasteiger charge is 2.19. The topological polar surface area (TPSA) is 85.9 Å². The molecule has 90 valence electrons. The van der Waals surface area contributed by atoms with E-state index in [0.29, 0.717) is 12.4 Å². The Morgan fingerprint density at radius 2 is 2.35 bits per heavy atom. The lowest BCUT2D eigenvalue weighted by molar-refractivity contribution is -0.388. The molecule has 0 spiro atoms. The SMILES string of the molecule is Cc1cnc(CNc2c([N+](=O)[O-])ncn2C)s1. The number of hydrogen-bond donors (Lipinski definition) is 1. The van der Waals surface area contributed by atoms with E-state index >= 15 is 0 Å². The molecule has 0 atom stereocenters. The highest BCUT2D eigenvalue weighted by Crippen LogP contribution is 2.22. The van der Waals surface area contributed by atoms with Gasteiger partial charge in [0.1, 0.15) is 5.01 Å². The molecule has 17 heavy (non-hydrogen) atoms. The largest absolute Gasteiger partial charge is 0.406 e. The fraction of sp³-hybridized carbons (Fsp3) is 0.333. The van der Waals surface area contributed by atoms with Crippen molar-refractivity contribution >= 4 is 23.0 Å². The molecule has 0 bridgehead atoms. The molecule has 0 aliphatic rings. The standard InChI is InChI=1S/C9H11N5O2S/c1-6-3-10-7(17-6)4-11-8-9(14(15)16)12-5-13(8)2/h3,5,11H,4H2,1-2H3. The second-order valence-electron chi connectivity index (χ2n) is 3.50. The lowest BCUT2D eigenvalue weighted by Gasteiger charge is -2.03. The van der Waals surface area contributed by atoms with E-state index in [-0.39, 0.29) is 5.82 Å². The molecule has 2 aromatic rings. The zero-order valence-corrected chi connectivity index (χ0v) is 10.2. The first-order valence-corrected chi connectivity index (χ1v) is 5.70. The zero-order chi connectivity index (χ0) is 12.4. The fourth-order valence-corrected chi connectivity index (χ4v) is 2.12. The van der Waals surface area contributed by atoms with Gasteiger partial charge >= 0.3 is 5.82 Å². The molecule has 0 unspecified atom stereocenters. The summed E-state index contributed by atoms with van der Waals surface area (Å²) in [5.41, 5.74) is 0. The first-order chi connectivity index (χ1) is 8.08. The van der Waals surface area contributed by atoms with E-state index in [0.717, 1.165) is 9.88 Å². The smallest absolute Gasteiger partial charge is 0.358 e. The number of imidazole rings is 1. The van der Waals surface area contributed by atoms with Crippen molar-refractivity contribution in [2.45, 2.75) is 13.5 Å². The van der Waals surface area contributed by atoms with Crippen LogP contribution in [0.4, 0.5) is 11.6 Å². The van der Waals surface area contributed by atoms with E-state index in [9.17, 15) is 10.1 Å². The summed E-state index contributed by atoms with van der Waals surface area (Å²) in [6.07, 6.45) is 3.19. The van der Waals surface area contributed by atoms with Crippen molar-refractivity contribution in [3.8, 4) is 0 Å². The summed E-state index contributed by atoms with van der Waals surface area (Å²) < 4.78 is 1.58. The highest BCUT2D eigenvalue weighted by molar-refractivity contribution is 7.11. The van der Waals surface area contributed by atoms with Crippen molar-refractivity contribution in [3.63, 3.8) is 0 Å². The number of aromatic nitrogens is 3. The number of aryl methyl sites for hydroxylation is 2. The quantitative estimate of drug-likeness (QED) is 0.662. The Morgan fingerprint density at radius 3 is 2.94 bits per heavy atom. The predicted octanol–water partition coefficient (Wildman–Crippen LogP) is 1.71. The highest BCUT2D eigenvalue weighted by atomic mass is 32.1. The van der Waals surface area contributed by atoms with Crippen molar-refractivity contribution in [1.82, 2.24) is 14.5 Å². The predicted molar refractivity (Wildman–Crippen MR) is 64.0 cm³/mol. The lowest BCUT2D eigenvalue weighted by Crippen LogP contribution is -2.05. The number of nitro groups is 1. The third-order valence-electron chi connectivity index (χ3n) is 2.17. The molecule has 2 heterocycles. The van der Waals surface area contributed by atoms with Gasteiger partial charge in [-0.25, -0.2) is 4.98 Å². The van der Waals surface area contributed by atoms with Gasteiger partial charge in [0, 0.05) is 18.1 Å². The maximum atomic E-state index is 10.7. The molecule has 8 heteroatoms. The molecule has 7 nitrogen and oxygen atoms in total. The number of nitrogens with one attached hydrogen (secondary N) is 1. The monoisotopic (exact) mass is 253 g/mol. The van der Waals surface area contributed by atoms with Crippen LogP contribution in [0.2, 0.25) is 0 Å². The van der Waals surface area contributed by atoms with Gasteiger partial charge in [-0.05, 0) is 16.8 Å². The van der Waals surface area contributed by atoms with E-state index in [4.69, 9.17) is 0 Å². The summed E-state index contributed by atoms with van der Waals surface area (Å²) in [6.45, 7) is 2.42. The van der Waals surface area contributed by atoms with Gasteiger partial charge in [-0.2, -0.15) is 0 Å². The van der Waals surface area contributed by atoms with E-state index in [1.165, 1.54) is 6.33 Å². The third-order valence-corrected chi connectivity index (χ3v) is 3.08. The van der Waals surface area contributed by atoms with Crippen molar-refractivity contribution in [2.24, 2.45) is 7.05 Å². The second-order valence-corrected chi connectivity index (χ2v) is 4.82. The average molecular weight is 253 g/mol. The van der Waals surface area contributed by atoms with Crippen LogP contribution < -0.4 is 5.32 Å². The molecule has 0 saturated carbocycles. The van der Waals surface area contributed by atoms with Gasteiger partial charge in [0.05, 0.1) is 6.54 Å². The molecule has 0 aliphatic heterocycles. The Hall–Kier alpha value is -1.96. The van der Waals surface area contributed by atoms with Gasteiger partial charge in [-0.15, -0.1) is 11.3 Å². The first-order valence-electron chi connectivity index (χ1n) is 4.89. The minimum atomic E-state index is -0.505. The van der Waals surface area contributed by atoms with Crippen LogP contribution in [0.5, 0.6) is 0 Å². The van der Waals surface area contributed by atoms with Crippen LogP contribution in [-0.4, -0.2) is 19.5 Å². The summed E-state index contributed by atoms with van der Waals surface area (Å²) in [4.78, 5) is 19.2. The van der Waals surface area contributed by atoms with Crippen molar-refractivity contribution in [2.75, 3.05) is 5.32 Å². The van der Waals surface area contributed by atoms with Crippen LogP contribution in [0.15, 0.2) is 12.5 Å². The van der Waals surface area contributed by atoms with Crippen LogP contribution in [0.1, 0.15) is 9.88 Å². The molecule has 0 saturated heterocycles. The molecule has 1 N–H and O–H groups in total. The normalized spacial score (nSPS) is 10.5. The van der Waals surface area contributed by atoms with Crippen LogP contribution >= 0.6 is 11.3 Å². The minimum absolute atomic E-state index is 0.166. The van der Waals surface area contributed by atoms with Gasteiger partial charge in [-0.3, -0.25) is 4.57 Å². The van der Waals surface area contributed by atoms with E-state index in [2.05, 4.69) is 15.3 Å². The van der Waals surface area contributed by atoms with Gasteiger partial charge in [0.25, 0.3) is 0 Å². The molecule has 0 fully saturated rings. The summed E-state index contributed by atoms with van der Waals surface area (Å²) in [5, 5.41) is 14.6. The van der Waals surface area contributed by atoms with E-state index in [1.807, 2.05) is 6.92 Å². The Morgan fingerprint density at radius 1 is 1.59 bits per heavy atom. The summed E-state index contributed by atoms with van der Waals surface area (Å²) in [5.74, 6) is 0.226. The average Bonchev–Trinajstić information content (AvgIpc) is 2.82. The number of rotatable bonds is 4. The summed E-state index contributed by atoms with van der Waals surface area (Å²) in [6, 6.07) is 0. The Bertz CT molecular complexity index is 547. The summed E-state index contributed by atoms with van der Waals surface area (Å²) >= 11 is 1.56. The summed E-state index contributed by atoms with van der Waals surface area (Å²) in [7, 11) is 1.70. The van der Waals surface area contributed by atoms with Crippen LogP contribution in [0.25, 0.3) is 0 Å². The minimum Gasteiger partial charge on any atom is -0.358 e. The van der Waals surface area contributed by atoms with Gasteiger partial charge in [-0.1, -0.05) is 0 Å². The molecular weight excluding hydrogens is 242 g/mol. The van der Waals surface area contributed by atoms with Gasteiger partial charge in [0.2, 0.25) is 12.1 Å². The molecule has 2 rings (SSSR count). The van der Waals surface area contributed by atoms with Gasteiger partial charge in [0.15, 0.2) is 0 Å². The Kier molecular flexibility index (Phi) is 3.05. The number of thiazole rings is 1. The zero-order valence-electron chi connectivity index (χ0n) is 9.38. The lowest BCUT2D eigenvalue weighted by atomic mass is 10.5. The number of nitrogens with zero attached hydrogens (tertiary/aromatic N) is 4. The molecule has 0 aliphatic carbocycles. The van der Waals surface area contributed by atoms with Gasteiger partial charge < -0.3 is 15.4 Å². The van der Waals surface area contributed by atoms with Crippen molar-refractivity contribution in [3.05, 3.63) is 32.5 Å². The molecule has 2 aromatic heterocycles. The Balaban J connectivity index is 2.13. The Labute approximate surface area is 101 Å². The molecular formula is C9H11N5O2S. The molecule has 0 aromatic carbocycles. The van der Waals surface area contributed by atoms with Crippen LogP contribution in [-0.2, 0) is 13.6 Å². The first kappa shape index (κ1) is 11.5. The molecule has 0 amide bonds. The van der Waals surface area contributed by atoms with Crippen molar-refractivity contribution < 1.29 is 4.92 Å². The van der Waals surface area contributed by atoms with E-state index in [1.54, 1.807) is 29.1 Å². The third kappa shape index (κ3) is 2.41.